The summed E-state index contributed by atoms with van der Waals surface area (Å²) in [5.41, 5.74) is 3.94. The van der Waals surface area contributed by atoms with Gasteiger partial charge in [-0.25, -0.2) is 9.97 Å². The molecule has 0 radical (unpaired) electrons. The van der Waals surface area contributed by atoms with Crippen molar-refractivity contribution in [2.75, 3.05) is 5.32 Å². The first-order valence-electron chi connectivity index (χ1n) is 7.38. The molecule has 118 valence electrons. The number of hydrogen-bond donors (Lipinski definition) is 1. The van der Waals surface area contributed by atoms with Crippen molar-refractivity contribution in [1.82, 2.24) is 19.7 Å². The maximum absolute atomic E-state index is 5.93. The van der Waals surface area contributed by atoms with Gasteiger partial charge in [0.2, 0.25) is 5.95 Å². The maximum Gasteiger partial charge on any atom is 0.223 e. The van der Waals surface area contributed by atoms with Gasteiger partial charge in [0.15, 0.2) is 0 Å². The predicted molar refractivity (Wildman–Crippen MR) is 92.5 cm³/mol. The van der Waals surface area contributed by atoms with Crippen LogP contribution < -0.4 is 5.32 Å². The molecule has 6 heteroatoms. The van der Waals surface area contributed by atoms with Gasteiger partial charge in [0, 0.05) is 30.0 Å². The fourth-order valence-corrected chi connectivity index (χ4v) is 2.58. The molecule has 0 saturated heterocycles. The lowest BCUT2D eigenvalue weighted by Gasteiger charge is -2.14. The molecule has 0 fully saturated rings. The Bertz CT molecular complexity index is 810. The molecule has 0 aliphatic rings. The Morgan fingerprint density at radius 2 is 1.91 bits per heavy atom. The molecular weight excluding hydrogens is 310 g/mol. The summed E-state index contributed by atoms with van der Waals surface area (Å²) in [4.78, 5) is 8.91. The Balaban J connectivity index is 1.82. The van der Waals surface area contributed by atoms with Crippen molar-refractivity contribution in [3.8, 4) is 11.3 Å². The zero-order chi connectivity index (χ0) is 16.4. The number of nitrogens with one attached hydrogen (secondary N) is 1. The number of rotatable bonds is 4. The molecule has 0 saturated carbocycles. The standard InChI is InChI=1S/C17H18ClN5/c1-11(13-4-6-14(18)7-5-13)20-17-19-9-8-16(21-17)15-10-23(3)22-12(15)2/h4-11H,1-3H3,(H,19,20,21)/t11-/m0/s1. The van der Waals surface area contributed by atoms with Crippen molar-refractivity contribution >= 4 is 17.5 Å². The van der Waals surface area contributed by atoms with E-state index in [0.717, 1.165) is 27.5 Å². The summed E-state index contributed by atoms with van der Waals surface area (Å²) in [6.45, 7) is 4.04. The van der Waals surface area contributed by atoms with E-state index in [2.05, 4.69) is 27.3 Å². The summed E-state index contributed by atoms with van der Waals surface area (Å²) in [5.74, 6) is 0.591. The van der Waals surface area contributed by atoms with E-state index in [1.807, 2.05) is 50.5 Å². The van der Waals surface area contributed by atoms with Crippen LogP contribution in [0.25, 0.3) is 11.3 Å². The van der Waals surface area contributed by atoms with Gasteiger partial charge >= 0.3 is 0 Å². The van der Waals surface area contributed by atoms with Crippen molar-refractivity contribution in [1.29, 1.82) is 0 Å². The van der Waals surface area contributed by atoms with Crippen LogP contribution in [-0.2, 0) is 7.05 Å². The highest BCUT2D eigenvalue weighted by molar-refractivity contribution is 6.30. The van der Waals surface area contributed by atoms with E-state index in [0.29, 0.717) is 5.95 Å². The van der Waals surface area contributed by atoms with E-state index in [9.17, 15) is 0 Å². The first-order valence-corrected chi connectivity index (χ1v) is 7.76. The Kier molecular flexibility index (Phi) is 4.30. The average Bonchev–Trinajstić information content (AvgIpc) is 2.87. The molecule has 3 aromatic rings. The molecule has 0 amide bonds. The van der Waals surface area contributed by atoms with E-state index in [1.165, 1.54) is 0 Å². The van der Waals surface area contributed by atoms with Crippen LogP contribution in [0.4, 0.5) is 5.95 Å². The van der Waals surface area contributed by atoms with Crippen LogP contribution >= 0.6 is 11.6 Å². The molecule has 0 bridgehead atoms. The lowest BCUT2D eigenvalue weighted by molar-refractivity contribution is 0.756. The van der Waals surface area contributed by atoms with E-state index >= 15 is 0 Å². The number of nitrogens with zero attached hydrogens (tertiary/aromatic N) is 4. The number of aryl methyl sites for hydroxylation is 2. The lowest BCUT2D eigenvalue weighted by Crippen LogP contribution is -2.09. The van der Waals surface area contributed by atoms with E-state index < -0.39 is 0 Å². The fraction of sp³-hybridized carbons (Fsp3) is 0.235. The Morgan fingerprint density at radius 3 is 2.57 bits per heavy atom. The minimum atomic E-state index is 0.0810. The van der Waals surface area contributed by atoms with Crippen molar-refractivity contribution in [3.05, 3.63) is 59.0 Å². The molecule has 2 heterocycles. The van der Waals surface area contributed by atoms with Gasteiger partial charge in [0.05, 0.1) is 17.4 Å². The van der Waals surface area contributed by atoms with Gasteiger partial charge in [0.25, 0.3) is 0 Å². The predicted octanol–water partition coefficient (Wildman–Crippen LogP) is 4.01. The first-order chi connectivity index (χ1) is 11.0. The molecule has 5 nitrogen and oxygen atoms in total. The highest BCUT2D eigenvalue weighted by atomic mass is 35.5. The maximum atomic E-state index is 5.93. The van der Waals surface area contributed by atoms with Gasteiger partial charge in [-0.1, -0.05) is 23.7 Å². The van der Waals surface area contributed by atoms with Crippen LogP contribution in [-0.4, -0.2) is 19.7 Å². The monoisotopic (exact) mass is 327 g/mol. The molecule has 3 rings (SSSR count). The van der Waals surface area contributed by atoms with Crippen LogP contribution in [0.1, 0.15) is 24.2 Å². The smallest absolute Gasteiger partial charge is 0.223 e. The third-order valence-electron chi connectivity index (χ3n) is 3.66. The van der Waals surface area contributed by atoms with Crippen molar-refractivity contribution in [3.63, 3.8) is 0 Å². The highest BCUT2D eigenvalue weighted by Gasteiger charge is 2.11. The first kappa shape index (κ1) is 15.5. The van der Waals surface area contributed by atoms with Gasteiger partial charge in [-0.05, 0) is 37.6 Å². The molecule has 2 aromatic heterocycles. The van der Waals surface area contributed by atoms with Crippen molar-refractivity contribution in [2.45, 2.75) is 19.9 Å². The van der Waals surface area contributed by atoms with E-state index in [1.54, 1.807) is 10.9 Å². The Labute approximate surface area is 140 Å². The largest absolute Gasteiger partial charge is 0.348 e. The zero-order valence-corrected chi connectivity index (χ0v) is 14.0. The Hall–Kier alpha value is -2.40. The minimum absolute atomic E-state index is 0.0810. The average molecular weight is 328 g/mol. The van der Waals surface area contributed by atoms with Crippen molar-refractivity contribution < 1.29 is 0 Å². The second kappa shape index (κ2) is 6.38. The fourth-order valence-electron chi connectivity index (χ4n) is 2.46. The normalized spacial score (nSPS) is 12.2. The molecule has 0 spiro atoms. The number of anilines is 1. The second-order valence-corrected chi connectivity index (χ2v) is 5.92. The molecule has 23 heavy (non-hydrogen) atoms. The summed E-state index contributed by atoms with van der Waals surface area (Å²) in [6, 6.07) is 9.72. The zero-order valence-electron chi connectivity index (χ0n) is 13.3. The van der Waals surface area contributed by atoms with Gasteiger partial charge < -0.3 is 5.32 Å². The van der Waals surface area contributed by atoms with Gasteiger partial charge in [-0.3, -0.25) is 4.68 Å². The molecule has 1 atom stereocenters. The molecule has 0 aliphatic heterocycles. The Morgan fingerprint density at radius 1 is 1.17 bits per heavy atom. The third kappa shape index (κ3) is 3.51. The molecule has 0 unspecified atom stereocenters. The highest BCUT2D eigenvalue weighted by Crippen LogP contribution is 2.23. The number of aromatic nitrogens is 4. The molecular formula is C17H18ClN5. The molecule has 1 N–H and O–H groups in total. The van der Waals surface area contributed by atoms with Crippen LogP contribution in [0.3, 0.4) is 0 Å². The summed E-state index contributed by atoms with van der Waals surface area (Å²) < 4.78 is 1.79. The third-order valence-corrected chi connectivity index (χ3v) is 3.91. The second-order valence-electron chi connectivity index (χ2n) is 5.48. The van der Waals surface area contributed by atoms with Crippen LogP contribution in [0.2, 0.25) is 5.02 Å². The van der Waals surface area contributed by atoms with E-state index in [4.69, 9.17) is 11.6 Å². The topological polar surface area (TPSA) is 55.6 Å². The van der Waals surface area contributed by atoms with Gasteiger partial charge in [-0.15, -0.1) is 0 Å². The van der Waals surface area contributed by atoms with Crippen LogP contribution in [0.15, 0.2) is 42.7 Å². The molecule has 0 aliphatic carbocycles. The summed E-state index contributed by atoms with van der Waals surface area (Å²) in [7, 11) is 1.90. The number of hydrogen-bond acceptors (Lipinski definition) is 4. The SMILES string of the molecule is Cc1nn(C)cc1-c1ccnc(N[C@@H](C)c2ccc(Cl)cc2)n1. The summed E-state index contributed by atoms with van der Waals surface area (Å²) >= 11 is 5.93. The lowest BCUT2D eigenvalue weighted by atomic mass is 10.1. The number of benzene rings is 1. The molecule has 1 aromatic carbocycles. The van der Waals surface area contributed by atoms with Gasteiger partial charge in [-0.2, -0.15) is 5.10 Å². The number of halogens is 1. The van der Waals surface area contributed by atoms with Crippen LogP contribution in [0.5, 0.6) is 0 Å². The minimum Gasteiger partial charge on any atom is -0.348 e. The van der Waals surface area contributed by atoms with Crippen molar-refractivity contribution in [2.24, 2.45) is 7.05 Å². The van der Waals surface area contributed by atoms with E-state index in [-0.39, 0.29) is 6.04 Å². The quantitative estimate of drug-likeness (QED) is 0.786. The summed E-state index contributed by atoms with van der Waals surface area (Å²) in [6.07, 6.45) is 3.72. The van der Waals surface area contributed by atoms with Gasteiger partial charge in [0.1, 0.15) is 0 Å². The van der Waals surface area contributed by atoms with Crippen LogP contribution in [0, 0.1) is 6.92 Å². The summed E-state index contributed by atoms with van der Waals surface area (Å²) in [5, 5.41) is 8.41.